The van der Waals surface area contributed by atoms with E-state index in [1.54, 1.807) is 6.92 Å². The van der Waals surface area contributed by atoms with Gasteiger partial charge in [-0.2, -0.15) is 0 Å². The Morgan fingerprint density at radius 2 is 1.82 bits per heavy atom. The van der Waals surface area contributed by atoms with E-state index in [4.69, 9.17) is 14.2 Å². The Morgan fingerprint density at radius 1 is 1.06 bits per heavy atom. The number of ether oxygens (including phenoxy) is 3. The lowest BCUT2D eigenvalue weighted by molar-refractivity contribution is -0.267. The van der Waals surface area contributed by atoms with Crippen LogP contribution in [-0.2, 0) is 23.8 Å². The Kier molecular flexibility index (Phi) is 4.57. The Labute approximate surface area is 198 Å². The summed E-state index contributed by atoms with van der Waals surface area (Å²) in [7, 11) is 1.52. The fourth-order valence-electron chi connectivity index (χ4n) is 10.7. The first-order chi connectivity index (χ1) is 15.5. The summed E-state index contributed by atoms with van der Waals surface area (Å²) in [5, 5.41) is 0. The summed E-state index contributed by atoms with van der Waals surface area (Å²) < 4.78 is 18.6. The molecule has 0 aromatic heterocycles. The lowest BCUT2D eigenvalue weighted by Crippen LogP contribution is -2.69. The maximum absolute atomic E-state index is 13.2. The fraction of sp³-hybridized carbons (Fsp3) is 0.926. The van der Waals surface area contributed by atoms with Gasteiger partial charge in [0.1, 0.15) is 12.3 Å². The molecule has 2 bridgehead atoms. The molecule has 6 fully saturated rings. The number of carbonyl (C=O) groups excluding carboxylic acids is 2. The molecule has 6 rings (SSSR count). The lowest BCUT2D eigenvalue weighted by Gasteiger charge is -2.68. The van der Waals surface area contributed by atoms with Crippen molar-refractivity contribution in [3.8, 4) is 0 Å². The molecule has 0 aromatic carbocycles. The summed E-state index contributed by atoms with van der Waals surface area (Å²) in [5.41, 5.74) is -0.146. The minimum Gasteiger partial charge on any atom is -0.469 e. The van der Waals surface area contributed by atoms with Gasteiger partial charge >= 0.3 is 11.9 Å². The molecule has 33 heavy (non-hydrogen) atoms. The van der Waals surface area contributed by atoms with Crippen LogP contribution in [0.1, 0.15) is 79.6 Å². The molecule has 6 aliphatic rings. The molecule has 0 radical (unpaired) electrons. The van der Waals surface area contributed by atoms with E-state index >= 15 is 0 Å². The number of hydrogen-bond acceptors (Lipinski definition) is 6. The fourth-order valence-corrected chi connectivity index (χ4v) is 10.7. The Balaban J connectivity index is 1.56. The highest BCUT2D eigenvalue weighted by Crippen LogP contribution is 2.76. The van der Waals surface area contributed by atoms with Crippen LogP contribution >= 0.6 is 0 Å². The molecule has 6 heteroatoms. The quantitative estimate of drug-likeness (QED) is 0.578. The summed E-state index contributed by atoms with van der Waals surface area (Å²) in [4.78, 5) is 28.2. The standard InChI is InChI=1S/C27H41NO5/c1-15(29)32-20-12-19-24(2,3)10-7-11-26(19,5)18-9-8-16(22(30)31-6)21-17-13-25(4)14-28(17)23(33-25)27(18,20)21/h16-21,23H,7-14H2,1-6H3. The molecule has 10 atom stereocenters. The minimum atomic E-state index is -0.347. The van der Waals surface area contributed by atoms with Crippen molar-refractivity contribution in [2.45, 2.75) is 104 Å². The van der Waals surface area contributed by atoms with Crippen LogP contribution in [-0.4, -0.2) is 54.5 Å². The van der Waals surface area contributed by atoms with Crippen LogP contribution in [0.5, 0.6) is 0 Å². The molecule has 0 N–H and O–H groups in total. The average molecular weight is 460 g/mol. The van der Waals surface area contributed by atoms with E-state index < -0.39 is 0 Å². The maximum atomic E-state index is 13.2. The van der Waals surface area contributed by atoms with Crippen molar-refractivity contribution in [1.29, 1.82) is 0 Å². The van der Waals surface area contributed by atoms with Crippen LogP contribution in [0.4, 0.5) is 0 Å². The second kappa shape index (κ2) is 6.75. The normalized spacial score (nSPS) is 53.7. The molecule has 0 amide bonds. The van der Waals surface area contributed by atoms with Crippen LogP contribution in [0.2, 0.25) is 0 Å². The van der Waals surface area contributed by atoms with Gasteiger partial charge in [0, 0.05) is 25.4 Å². The van der Waals surface area contributed by atoms with E-state index in [-0.39, 0.29) is 58.0 Å². The monoisotopic (exact) mass is 459 g/mol. The van der Waals surface area contributed by atoms with Crippen molar-refractivity contribution in [3.63, 3.8) is 0 Å². The zero-order valence-corrected chi connectivity index (χ0v) is 21.2. The second-order valence-corrected chi connectivity index (χ2v) is 13.4. The van der Waals surface area contributed by atoms with Gasteiger partial charge in [-0.3, -0.25) is 14.5 Å². The smallest absolute Gasteiger partial charge is 0.309 e. The predicted octanol–water partition coefficient (Wildman–Crippen LogP) is 4.16. The van der Waals surface area contributed by atoms with Crippen LogP contribution in [0.15, 0.2) is 0 Å². The molecule has 0 aromatic rings. The highest BCUT2D eigenvalue weighted by molar-refractivity contribution is 5.73. The van der Waals surface area contributed by atoms with Crippen LogP contribution in [0.3, 0.4) is 0 Å². The SMILES string of the molecule is COC(=O)C1CCC2C3(C)CCCC(C)(C)C3CC(OC(C)=O)C23C1C1CC2(C)CN1C3O2. The largest absolute Gasteiger partial charge is 0.469 e. The summed E-state index contributed by atoms with van der Waals surface area (Å²) in [6.45, 7) is 12.0. The van der Waals surface area contributed by atoms with Crippen molar-refractivity contribution in [3.05, 3.63) is 0 Å². The van der Waals surface area contributed by atoms with Crippen LogP contribution < -0.4 is 0 Å². The van der Waals surface area contributed by atoms with Gasteiger partial charge in [0.05, 0.1) is 24.0 Å². The van der Waals surface area contributed by atoms with E-state index in [2.05, 4.69) is 32.6 Å². The third kappa shape index (κ3) is 2.63. The second-order valence-electron chi connectivity index (χ2n) is 13.4. The number of esters is 2. The summed E-state index contributed by atoms with van der Waals surface area (Å²) in [5.74, 6) is 0.533. The van der Waals surface area contributed by atoms with Gasteiger partial charge < -0.3 is 14.2 Å². The molecule has 3 heterocycles. The summed E-state index contributed by atoms with van der Waals surface area (Å²) in [6.07, 6.45) is 7.07. The Bertz CT molecular complexity index is 888. The van der Waals surface area contributed by atoms with Gasteiger partial charge in [-0.05, 0) is 68.1 Å². The molecule has 10 unspecified atom stereocenters. The van der Waals surface area contributed by atoms with E-state index in [0.717, 1.165) is 32.2 Å². The molecule has 184 valence electrons. The number of methoxy groups -OCH3 is 1. The number of carbonyl (C=O) groups is 2. The number of rotatable bonds is 2. The van der Waals surface area contributed by atoms with Gasteiger partial charge in [-0.1, -0.05) is 27.2 Å². The Morgan fingerprint density at radius 3 is 2.48 bits per heavy atom. The van der Waals surface area contributed by atoms with E-state index in [9.17, 15) is 9.59 Å². The highest BCUT2D eigenvalue weighted by atomic mass is 16.6. The van der Waals surface area contributed by atoms with Crippen molar-refractivity contribution >= 4 is 11.9 Å². The van der Waals surface area contributed by atoms with E-state index in [0.29, 0.717) is 17.9 Å². The van der Waals surface area contributed by atoms with Gasteiger partial charge in [0.25, 0.3) is 0 Å². The first kappa shape index (κ1) is 22.3. The first-order valence-corrected chi connectivity index (χ1v) is 13.2. The highest BCUT2D eigenvalue weighted by Gasteiger charge is 2.81. The number of nitrogens with zero attached hydrogens (tertiary/aromatic N) is 1. The van der Waals surface area contributed by atoms with Crippen LogP contribution in [0, 0.1) is 39.9 Å². The van der Waals surface area contributed by atoms with Gasteiger partial charge in [-0.25, -0.2) is 0 Å². The molecular formula is C27H41NO5. The zero-order chi connectivity index (χ0) is 23.6. The van der Waals surface area contributed by atoms with Crippen molar-refractivity contribution in [2.24, 2.45) is 39.9 Å². The molecule has 3 saturated heterocycles. The zero-order valence-electron chi connectivity index (χ0n) is 21.2. The summed E-state index contributed by atoms with van der Waals surface area (Å²) >= 11 is 0. The third-order valence-corrected chi connectivity index (χ3v) is 11.4. The third-order valence-electron chi connectivity index (χ3n) is 11.4. The molecular weight excluding hydrogens is 418 g/mol. The first-order valence-electron chi connectivity index (χ1n) is 13.2. The number of fused-ring (bicyclic) bond motifs is 4. The topological polar surface area (TPSA) is 65.1 Å². The predicted molar refractivity (Wildman–Crippen MR) is 122 cm³/mol. The Hall–Kier alpha value is -1.14. The maximum Gasteiger partial charge on any atom is 0.309 e. The van der Waals surface area contributed by atoms with Gasteiger partial charge in [0.2, 0.25) is 0 Å². The molecule has 3 aliphatic carbocycles. The molecule has 3 aliphatic heterocycles. The average Bonchev–Trinajstić information content (AvgIpc) is 3.30. The van der Waals surface area contributed by atoms with E-state index in [1.165, 1.54) is 26.4 Å². The van der Waals surface area contributed by atoms with Crippen molar-refractivity contribution in [2.75, 3.05) is 13.7 Å². The lowest BCUT2D eigenvalue weighted by atomic mass is 9.37. The van der Waals surface area contributed by atoms with Gasteiger partial charge in [-0.15, -0.1) is 0 Å². The van der Waals surface area contributed by atoms with Crippen molar-refractivity contribution < 1.29 is 23.8 Å². The molecule has 1 spiro atoms. The van der Waals surface area contributed by atoms with Crippen LogP contribution in [0.25, 0.3) is 0 Å². The molecule has 3 saturated carbocycles. The summed E-state index contributed by atoms with van der Waals surface area (Å²) in [6, 6.07) is 0.301. The minimum absolute atomic E-state index is 0.0733. The van der Waals surface area contributed by atoms with Crippen molar-refractivity contribution in [1.82, 2.24) is 4.90 Å². The van der Waals surface area contributed by atoms with E-state index in [1.807, 2.05) is 0 Å². The number of hydrogen-bond donors (Lipinski definition) is 0. The van der Waals surface area contributed by atoms with Gasteiger partial charge in [0.15, 0.2) is 0 Å². The molecule has 6 nitrogen and oxygen atoms in total.